The topological polar surface area (TPSA) is 26.3 Å². The summed E-state index contributed by atoms with van der Waals surface area (Å²) >= 11 is 0. The fraction of sp³-hybridized carbons (Fsp3) is 0.700. The van der Waals surface area contributed by atoms with Crippen LogP contribution in [-0.4, -0.2) is 11.6 Å². The zero-order chi connectivity index (χ0) is 12.2. The van der Waals surface area contributed by atoms with E-state index in [4.69, 9.17) is 4.74 Å². The smallest absolute Gasteiger partial charge is 0.309 e. The minimum Gasteiger partial charge on any atom is -0.460 e. The normalized spacial score (nSPS) is 13.3. The summed E-state index contributed by atoms with van der Waals surface area (Å²) in [4.78, 5) is 11.3. The highest BCUT2D eigenvalue weighted by atomic mass is 19.3. The summed E-state index contributed by atoms with van der Waals surface area (Å²) in [5.41, 5.74) is -0.695. The van der Waals surface area contributed by atoms with Crippen molar-refractivity contribution in [1.82, 2.24) is 0 Å². The van der Waals surface area contributed by atoms with Gasteiger partial charge in [0.2, 0.25) is 0 Å². The zero-order valence-electron chi connectivity index (χ0n) is 9.23. The van der Waals surface area contributed by atoms with E-state index in [-0.39, 0.29) is 0 Å². The summed E-state index contributed by atoms with van der Waals surface area (Å²) in [6, 6.07) is 0. The Morgan fingerprint density at radius 2 is 1.73 bits per heavy atom. The Morgan fingerprint density at radius 3 is 2.07 bits per heavy atom. The van der Waals surface area contributed by atoms with Gasteiger partial charge in [-0.05, 0) is 20.8 Å². The van der Waals surface area contributed by atoms with E-state index in [0.717, 1.165) is 0 Å². The van der Waals surface area contributed by atoms with Crippen LogP contribution in [0, 0.1) is 5.92 Å². The standard InChI is InChI=1S/C10H15F3O2/c1-6(5-7(11)8(12)13)9(14)15-10(2,3)4/h6H,5H2,1-4H3. The first-order valence-electron chi connectivity index (χ1n) is 4.56. The van der Waals surface area contributed by atoms with Crippen molar-refractivity contribution in [3.05, 3.63) is 11.9 Å². The predicted octanol–water partition coefficient (Wildman–Crippen LogP) is 3.43. The monoisotopic (exact) mass is 224 g/mol. The van der Waals surface area contributed by atoms with Gasteiger partial charge in [0.25, 0.3) is 0 Å². The van der Waals surface area contributed by atoms with Crippen molar-refractivity contribution in [2.75, 3.05) is 0 Å². The maximum Gasteiger partial charge on any atom is 0.309 e. The molecule has 0 saturated carbocycles. The number of esters is 1. The van der Waals surface area contributed by atoms with Crippen LogP contribution in [0.5, 0.6) is 0 Å². The van der Waals surface area contributed by atoms with Crippen LogP contribution in [0.25, 0.3) is 0 Å². The first-order chi connectivity index (χ1) is 6.63. The van der Waals surface area contributed by atoms with Gasteiger partial charge in [-0.25, -0.2) is 4.39 Å². The van der Waals surface area contributed by atoms with Gasteiger partial charge < -0.3 is 4.74 Å². The molecule has 0 radical (unpaired) electrons. The molecule has 0 spiro atoms. The predicted molar refractivity (Wildman–Crippen MR) is 50.0 cm³/mol. The maximum atomic E-state index is 12.5. The lowest BCUT2D eigenvalue weighted by atomic mass is 10.1. The Kier molecular flexibility index (Phi) is 4.84. The van der Waals surface area contributed by atoms with Crippen molar-refractivity contribution in [3.8, 4) is 0 Å². The number of carbonyl (C=O) groups is 1. The molecule has 1 unspecified atom stereocenters. The molecule has 0 aromatic heterocycles. The molecule has 15 heavy (non-hydrogen) atoms. The average Bonchev–Trinajstić information content (AvgIpc) is 2.00. The van der Waals surface area contributed by atoms with Gasteiger partial charge in [-0.3, -0.25) is 4.79 Å². The summed E-state index contributed by atoms with van der Waals surface area (Å²) in [7, 11) is 0. The van der Waals surface area contributed by atoms with E-state index in [1.807, 2.05) is 0 Å². The molecule has 1 atom stereocenters. The fourth-order valence-electron chi connectivity index (χ4n) is 0.832. The third kappa shape index (κ3) is 6.14. The van der Waals surface area contributed by atoms with Crippen molar-refractivity contribution in [3.63, 3.8) is 0 Å². The van der Waals surface area contributed by atoms with Crippen LogP contribution >= 0.6 is 0 Å². The molecule has 0 N–H and O–H groups in total. The second-order valence-electron chi connectivity index (χ2n) is 4.30. The molecule has 0 rings (SSSR count). The first kappa shape index (κ1) is 14.0. The van der Waals surface area contributed by atoms with E-state index >= 15 is 0 Å². The summed E-state index contributed by atoms with van der Waals surface area (Å²) in [6.07, 6.45) is -3.01. The molecule has 0 aliphatic rings. The van der Waals surface area contributed by atoms with Crippen molar-refractivity contribution in [2.45, 2.75) is 39.7 Å². The Morgan fingerprint density at radius 1 is 1.27 bits per heavy atom. The maximum absolute atomic E-state index is 12.5. The Hall–Kier alpha value is -1.00. The largest absolute Gasteiger partial charge is 0.460 e. The van der Waals surface area contributed by atoms with Crippen LogP contribution in [0.4, 0.5) is 13.2 Å². The van der Waals surface area contributed by atoms with Gasteiger partial charge in [-0.1, -0.05) is 6.92 Å². The summed E-state index contributed by atoms with van der Waals surface area (Å²) in [5, 5.41) is 0. The molecule has 88 valence electrons. The molecule has 0 heterocycles. The van der Waals surface area contributed by atoms with Gasteiger partial charge >= 0.3 is 12.0 Å². The molecule has 0 bridgehead atoms. The third-order valence-electron chi connectivity index (χ3n) is 1.50. The van der Waals surface area contributed by atoms with Crippen molar-refractivity contribution in [2.24, 2.45) is 5.92 Å². The molecule has 0 aromatic carbocycles. The second-order valence-corrected chi connectivity index (χ2v) is 4.30. The molecular formula is C10H15F3O2. The van der Waals surface area contributed by atoms with Crippen LogP contribution in [0.1, 0.15) is 34.1 Å². The Bertz CT molecular complexity index is 262. The van der Waals surface area contributed by atoms with Crippen LogP contribution in [-0.2, 0) is 9.53 Å². The number of halogens is 3. The number of hydrogen-bond donors (Lipinski definition) is 0. The van der Waals surface area contributed by atoms with Gasteiger partial charge in [0.15, 0.2) is 5.83 Å². The lowest BCUT2D eigenvalue weighted by Gasteiger charge is -2.21. The van der Waals surface area contributed by atoms with Crippen LogP contribution in [0.15, 0.2) is 11.9 Å². The van der Waals surface area contributed by atoms with Gasteiger partial charge in [-0.15, -0.1) is 0 Å². The Labute approximate surface area is 87.1 Å². The van der Waals surface area contributed by atoms with Crippen LogP contribution in [0.2, 0.25) is 0 Å². The molecular weight excluding hydrogens is 209 g/mol. The molecule has 0 saturated heterocycles. The number of hydrogen-bond acceptors (Lipinski definition) is 2. The lowest BCUT2D eigenvalue weighted by Crippen LogP contribution is -2.27. The molecule has 0 aromatic rings. The number of ether oxygens (including phenoxy) is 1. The number of carbonyl (C=O) groups excluding carboxylic acids is 1. The highest BCUT2D eigenvalue weighted by Crippen LogP contribution is 2.21. The first-order valence-corrected chi connectivity index (χ1v) is 4.56. The summed E-state index contributed by atoms with van der Waals surface area (Å²) in [5.74, 6) is -3.15. The van der Waals surface area contributed by atoms with E-state index < -0.39 is 35.8 Å². The molecule has 0 aliphatic heterocycles. The van der Waals surface area contributed by atoms with E-state index in [2.05, 4.69) is 0 Å². The summed E-state index contributed by atoms with van der Waals surface area (Å²) < 4.78 is 40.9. The van der Waals surface area contributed by atoms with E-state index in [1.54, 1.807) is 20.8 Å². The van der Waals surface area contributed by atoms with E-state index in [1.165, 1.54) is 6.92 Å². The van der Waals surface area contributed by atoms with E-state index in [0.29, 0.717) is 0 Å². The number of rotatable bonds is 3. The van der Waals surface area contributed by atoms with Gasteiger partial charge in [0.05, 0.1) is 5.92 Å². The highest BCUT2D eigenvalue weighted by Gasteiger charge is 2.23. The van der Waals surface area contributed by atoms with E-state index in [9.17, 15) is 18.0 Å². The van der Waals surface area contributed by atoms with Crippen LogP contribution < -0.4 is 0 Å². The summed E-state index contributed by atoms with van der Waals surface area (Å²) in [6.45, 7) is 6.30. The molecule has 2 nitrogen and oxygen atoms in total. The third-order valence-corrected chi connectivity index (χ3v) is 1.50. The number of allylic oxidation sites excluding steroid dienone is 1. The van der Waals surface area contributed by atoms with Crippen LogP contribution in [0.3, 0.4) is 0 Å². The van der Waals surface area contributed by atoms with Crippen molar-refractivity contribution in [1.29, 1.82) is 0 Å². The quantitative estimate of drug-likeness (QED) is 0.686. The zero-order valence-corrected chi connectivity index (χ0v) is 9.23. The fourth-order valence-corrected chi connectivity index (χ4v) is 0.832. The van der Waals surface area contributed by atoms with Gasteiger partial charge in [0, 0.05) is 6.42 Å². The molecule has 0 amide bonds. The van der Waals surface area contributed by atoms with Gasteiger partial charge in [0.1, 0.15) is 5.60 Å². The molecule has 0 aliphatic carbocycles. The Balaban J connectivity index is 4.30. The van der Waals surface area contributed by atoms with Crippen molar-refractivity contribution < 1.29 is 22.7 Å². The average molecular weight is 224 g/mol. The van der Waals surface area contributed by atoms with Crippen molar-refractivity contribution >= 4 is 5.97 Å². The molecule has 0 fully saturated rings. The van der Waals surface area contributed by atoms with Gasteiger partial charge in [-0.2, -0.15) is 8.78 Å². The SMILES string of the molecule is CC(CC(F)=C(F)F)C(=O)OC(C)(C)C. The highest BCUT2D eigenvalue weighted by molar-refractivity contribution is 5.72. The second kappa shape index (κ2) is 5.19. The minimum atomic E-state index is -2.38. The minimum absolute atomic E-state index is 0.628. The molecule has 5 heteroatoms. The lowest BCUT2D eigenvalue weighted by molar-refractivity contribution is -0.159.